The van der Waals surface area contributed by atoms with Gasteiger partial charge in [0.1, 0.15) is 0 Å². The fraction of sp³-hybridized carbons (Fsp3) is 0.500. The van der Waals surface area contributed by atoms with Crippen molar-refractivity contribution in [2.45, 2.75) is 19.3 Å². The minimum Gasteiger partial charge on any atom is -0.374 e. The van der Waals surface area contributed by atoms with E-state index in [1.54, 1.807) is 6.07 Å². The van der Waals surface area contributed by atoms with Gasteiger partial charge in [0.15, 0.2) is 9.84 Å². The molecule has 0 saturated carbocycles. The number of hydrogen-bond acceptors (Lipinski definition) is 5. The number of rotatable bonds is 3. The van der Waals surface area contributed by atoms with Gasteiger partial charge in [0.05, 0.1) is 37.4 Å². The number of ether oxygens (including phenoxy) is 2. The summed E-state index contributed by atoms with van der Waals surface area (Å²) in [6.45, 7) is 1.51. The number of carbonyl (C=O) groups is 1. The van der Waals surface area contributed by atoms with Gasteiger partial charge in [-0.15, -0.1) is 0 Å². The zero-order valence-electron chi connectivity index (χ0n) is 11.5. The highest BCUT2D eigenvalue weighted by atomic mass is 32.2. The Morgan fingerprint density at radius 1 is 1.29 bits per heavy atom. The lowest BCUT2D eigenvalue weighted by molar-refractivity contribution is 0.0662. The molecule has 1 fully saturated rings. The van der Waals surface area contributed by atoms with Crippen molar-refractivity contribution in [2.24, 2.45) is 0 Å². The molecular formula is C14H17NO5S. The SMILES string of the molecule is O=C(NCC1CS(=O)(=O)CCO1)c1ccc2c(c1)COC2. The van der Waals surface area contributed by atoms with Crippen LogP contribution in [0.3, 0.4) is 0 Å². The predicted molar refractivity (Wildman–Crippen MR) is 75.7 cm³/mol. The van der Waals surface area contributed by atoms with Crippen LogP contribution in [0.1, 0.15) is 21.5 Å². The zero-order valence-corrected chi connectivity index (χ0v) is 12.3. The highest BCUT2D eigenvalue weighted by Gasteiger charge is 2.26. The molecule has 2 heterocycles. The van der Waals surface area contributed by atoms with Crippen LogP contribution in [-0.4, -0.2) is 45.1 Å². The van der Waals surface area contributed by atoms with Gasteiger partial charge in [0.25, 0.3) is 5.91 Å². The van der Waals surface area contributed by atoms with Gasteiger partial charge in [-0.3, -0.25) is 4.79 Å². The summed E-state index contributed by atoms with van der Waals surface area (Å²) in [6, 6.07) is 5.45. The van der Waals surface area contributed by atoms with Gasteiger partial charge < -0.3 is 14.8 Å². The molecule has 7 heteroatoms. The highest BCUT2D eigenvalue weighted by Crippen LogP contribution is 2.20. The average Bonchev–Trinajstić information content (AvgIpc) is 2.91. The molecule has 1 amide bonds. The molecule has 0 bridgehead atoms. The number of amides is 1. The van der Waals surface area contributed by atoms with Crippen molar-refractivity contribution in [1.82, 2.24) is 5.32 Å². The lowest BCUT2D eigenvalue weighted by Crippen LogP contribution is -2.42. The Kier molecular flexibility index (Phi) is 3.97. The Bertz CT molecular complexity index is 655. The average molecular weight is 311 g/mol. The van der Waals surface area contributed by atoms with Crippen LogP contribution >= 0.6 is 0 Å². The monoisotopic (exact) mass is 311 g/mol. The van der Waals surface area contributed by atoms with Gasteiger partial charge in [-0.25, -0.2) is 8.42 Å². The Hall–Kier alpha value is -1.44. The van der Waals surface area contributed by atoms with Gasteiger partial charge in [-0.1, -0.05) is 6.07 Å². The van der Waals surface area contributed by atoms with E-state index in [4.69, 9.17) is 9.47 Å². The van der Waals surface area contributed by atoms with Crippen molar-refractivity contribution < 1.29 is 22.7 Å². The summed E-state index contributed by atoms with van der Waals surface area (Å²) in [5.41, 5.74) is 2.69. The number of sulfone groups is 1. The Morgan fingerprint density at radius 2 is 2.10 bits per heavy atom. The van der Waals surface area contributed by atoms with Crippen molar-refractivity contribution in [1.29, 1.82) is 0 Å². The van der Waals surface area contributed by atoms with Crippen molar-refractivity contribution in [2.75, 3.05) is 24.7 Å². The second-order valence-corrected chi connectivity index (χ2v) is 7.52. The van der Waals surface area contributed by atoms with E-state index in [2.05, 4.69) is 5.32 Å². The predicted octanol–water partition coefficient (Wildman–Crippen LogP) is 0.260. The van der Waals surface area contributed by atoms with E-state index in [-0.39, 0.29) is 30.6 Å². The second kappa shape index (κ2) is 5.75. The molecule has 0 aliphatic carbocycles. The molecule has 114 valence electrons. The number of carbonyl (C=O) groups excluding carboxylic acids is 1. The molecule has 6 nitrogen and oxygen atoms in total. The first kappa shape index (κ1) is 14.5. The summed E-state index contributed by atoms with van der Waals surface area (Å²) < 4.78 is 33.7. The second-order valence-electron chi connectivity index (χ2n) is 5.29. The molecule has 0 aromatic heterocycles. The van der Waals surface area contributed by atoms with Gasteiger partial charge in [0.2, 0.25) is 0 Å². The molecule has 1 saturated heterocycles. The standard InChI is InChI=1S/C14H17NO5S/c16-14(10-1-2-11-7-19-8-12(11)5-10)15-6-13-9-21(17,18)4-3-20-13/h1-2,5,13H,3-4,6-9H2,(H,15,16). The largest absolute Gasteiger partial charge is 0.374 e. The summed E-state index contributed by atoms with van der Waals surface area (Å²) in [5, 5.41) is 2.73. The minimum absolute atomic E-state index is 0.0364. The lowest BCUT2D eigenvalue weighted by Gasteiger charge is -2.23. The molecule has 1 aromatic rings. The first-order valence-corrected chi connectivity index (χ1v) is 8.65. The van der Waals surface area contributed by atoms with Crippen molar-refractivity contribution in [3.8, 4) is 0 Å². The fourth-order valence-electron chi connectivity index (χ4n) is 2.50. The Balaban J connectivity index is 1.59. The van der Waals surface area contributed by atoms with E-state index in [1.165, 1.54) is 0 Å². The number of benzene rings is 1. The maximum Gasteiger partial charge on any atom is 0.251 e. The third-order valence-electron chi connectivity index (χ3n) is 3.66. The molecule has 2 aliphatic rings. The molecule has 2 aliphatic heterocycles. The van der Waals surface area contributed by atoms with Crippen LogP contribution in [0.2, 0.25) is 0 Å². The van der Waals surface area contributed by atoms with Crippen molar-refractivity contribution in [3.63, 3.8) is 0 Å². The van der Waals surface area contributed by atoms with Crippen LogP contribution in [0.25, 0.3) is 0 Å². The maximum absolute atomic E-state index is 12.1. The minimum atomic E-state index is -3.05. The third kappa shape index (κ3) is 3.42. The number of fused-ring (bicyclic) bond motifs is 1. The zero-order chi connectivity index (χ0) is 14.9. The van der Waals surface area contributed by atoms with Gasteiger partial charge in [-0.05, 0) is 23.3 Å². The van der Waals surface area contributed by atoms with E-state index >= 15 is 0 Å². The number of nitrogens with one attached hydrogen (secondary N) is 1. The van der Waals surface area contributed by atoms with Crippen LogP contribution < -0.4 is 5.32 Å². The molecule has 0 radical (unpaired) electrons. The van der Waals surface area contributed by atoms with E-state index in [0.29, 0.717) is 18.8 Å². The van der Waals surface area contributed by atoms with Crippen LogP contribution in [0, 0.1) is 0 Å². The van der Waals surface area contributed by atoms with Crippen LogP contribution in [0.15, 0.2) is 18.2 Å². The Morgan fingerprint density at radius 3 is 2.90 bits per heavy atom. The first-order valence-electron chi connectivity index (χ1n) is 6.83. The van der Waals surface area contributed by atoms with Crippen molar-refractivity contribution >= 4 is 15.7 Å². The molecular weight excluding hydrogens is 294 g/mol. The quantitative estimate of drug-likeness (QED) is 0.866. The summed E-state index contributed by atoms with van der Waals surface area (Å²) >= 11 is 0. The topological polar surface area (TPSA) is 81.7 Å². The molecule has 1 N–H and O–H groups in total. The van der Waals surface area contributed by atoms with Crippen LogP contribution in [0.5, 0.6) is 0 Å². The fourth-order valence-corrected chi connectivity index (χ4v) is 3.79. The molecule has 1 atom stereocenters. The third-order valence-corrected chi connectivity index (χ3v) is 5.33. The van der Waals surface area contributed by atoms with Gasteiger partial charge >= 0.3 is 0 Å². The first-order chi connectivity index (χ1) is 10.0. The summed E-state index contributed by atoms with van der Waals surface area (Å²) in [7, 11) is -3.05. The highest BCUT2D eigenvalue weighted by molar-refractivity contribution is 7.91. The van der Waals surface area contributed by atoms with E-state index < -0.39 is 15.9 Å². The number of hydrogen-bond donors (Lipinski definition) is 1. The Labute approximate surface area is 123 Å². The van der Waals surface area contributed by atoms with Crippen LogP contribution in [-0.2, 0) is 32.5 Å². The molecule has 21 heavy (non-hydrogen) atoms. The molecule has 1 unspecified atom stereocenters. The van der Waals surface area contributed by atoms with E-state index in [0.717, 1.165) is 11.1 Å². The summed E-state index contributed by atoms with van der Waals surface area (Å²) in [5.74, 6) is -0.204. The molecule has 1 aromatic carbocycles. The lowest BCUT2D eigenvalue weighted by atomic mass is 10.1. The van der Waals surface area contributed by atoms with Gasteiger partial charge in [0, 0.05) is 12.1 Å². The maximum atomic E-state index is 12.1. The van der Waals surface area contributed by atoms with Crippen molar-refractivity contribution in [3.05, 3.63) is 34.9 Å². The van der Waals surface area contributed by atoms with E-state index in [1.807, 2.05) is 12.1 Å². The van der Waals surface area contributed by atoms with E-state index in [9.17, 15) is 13.2 Å². The summed E-state index contributed by atoms with van der Waals surface area (Å²) in [6.07, 6.45) is -0.467. The van der Waals surface area contributed by atoms with Crippen LogP contribution in [0.4, 0.5) is 0 Å². The smallest absolute Gasteiger partial charge is 0.251 e. The normalized spacial score (nSPS) is 23.5. The molecule has 3 rings (SSSR count). The summed E-state index contributed by atoms with van der Waals surface area (Å²) in [4.78, 5) is 12.1. The van der Waals surface area contributed by atoms with Gasteiger partial charge in [-0.2, -0.15) is 0 Å². The molecule has 0 spiro atoms.